The van der Waals surface area contributed by atoms with Crippen LogP contribution in [0, 0.1) is 0 Å². The van der Waals surface area contributed by atoms with E-state index in [2.05, 4.69) is 21.3 Å². The molecule has 0 bridgehead atoms. The number of fused-ring (bicyclic) bond motifs is 1. The molecule has 5 fully saturated rings. The maximum Gasteiger partial charge on any atom is 0.408 e. The Hall–Kier alpha value is -10.1. The van der Waals surface area contributed by atoms with Crippen LogP contribution in [0.4, 0.5) is 4.79 Å². The number of esters is 13. The lowest BCUT2D eigenvalue weighted by Gasteiger charge is -2.55. The fourth-order valence-corrected chi connectivity index (χ4v) is 12.5. The van der Waals surface area contributed by atoms with E-state index in [0.29, 0.717) is 0 Å². The second-order valence-electron chi connectivity index (χ2n) is 26.9. The fraction of sp³-hybridized carbons (Fsp3) is 0.731. The maximum atomic E-state index is 15.2. The van der Waals surface area contributed by atoms with Gasteiger partial charge in [-0.2, -0.15) is 0 Å². The lowest BCUT2D eigenvalue weighted by Crippen LogP contribution is -2.75. The number of carboxylic acid groups (broad SMARTS) is 1. The van der Waals surface area contributed by atoms with Gasteiger partial charge in [0.25, 0.3) is 11.6 Å². The summed E-state index contributed by atoms with van der Waals surface area (Å²) in [5.41, 5.74) is -1.23. The van der Waals surface area contributed by atoms with E-state index in [-0.39, 0.29) is 0 Å². The quantitative estimate of drug-likeness (QED) is 0.0330. The molecule has 0 saturated carbocycles. The van der Waals surface area contributed by atoms with E-state index >= 15 is 4.79 Å². The molecule has 5 aliphatic rings. The predicted molar refractivity (Wildman–Crippen MR) is 353 cm³/mol. The summed E-state index contributed by atoms with van der Waals surface area (Å²) in [5.74, 6) is -26.3. The standard InChI is InChI=1S/C67H94N4O41/c1-26(72)68-47-41(97-32(7)78)19-66(62(88)91-18,109-55(47)51(102-37(12)83)43(99-34(9)80)22-92-29(4)75)96-25-46-50(101-36(11)82)54(49(70-28(3)74)60(105-46)95-21-40(59(86)87)71-64(90)112-65(15,16)17)107-61-58(104-39(14)85)57-53(45(106-61)24-94-31(6)77)108-63(89)67(111-57)20-42(98-33(8)79)48(69-27(2)73)56(110-67)52(103-38(13)84)44(100-35(10)81)23-93-30(5)76/h40-58,60-61H,19-25H2,1-18H3,(H,68,72)(H,69,73)(H,70,74)(H,71,90)(H,86,87)/t40-,41-,42-,43+,44+,45+,46+,47+,48+,49+,50-,51+,52+,53-,54+,55+,56+,57-,58+,60-,61-,66-,67-/m0/s1. The number of methoxy groups -OCH3 is 1. The highest BCUT2D eigenvalue weighted by Gasteiger charge is 2.68. The number of carbonyl (C=O) groups excluding carboxylic acids is 17. The predicted octanol–water partition coefficient (Wildman–Crippen LogP) is -3.06. The topological polar surface area (TPSA) is 579 Å². The molecule has 5 aliphatic heterocycles. The van der Waals surface area contributed by atoms with Crippen LogP contribution in [0.2, 0.25) is 0 Å². The first-order valence-electron chi connectivity index (χ1n) is 34.4. The Morgan fingerprint density at radius 2 is 0.946 bits per heavy atom. The second-order valence-corrected chi connectivity index (χ2v) is 26.9. The Morgan fingerprint density at radius 3 is 1.38 bits per heavy atom. The highest BCUT2D eigenvalue weighted by atomic mass is 16.8. The Bertz CT molecular complexity index is 3510. The monoisotopic (exact) mass is 1610 g/mol. The van der Waals surface area contributed by atoms with Crippen molar-refractivity contribution in [1.29, 1.82) is 0 Å². The summed E-state index contributed by atoms with van der Waals surface area (Å²) in [6, 6.07) is -7.74. The molecule has 5 saturated heterocycles. The number of rotatable bonds is 32. The average molecular weight is 1610 g/mol. The van der Waals surface area contributed by atoms with Crippen molar-refractivity contribution in [2.45, 2.75) is 276 Å². The van der Waals surface area contributed by atoms with Crippen LogP contribution in [0.15, 0.2) is 0 Å². The SMILES string of the molecule is COC(=O)[C@]1(OC[C@H]2O[C@H](OC[C@H](NC(=O)OC(C)(C)C)C(=O)O)[C@H](NC(C)=O)[C@@H](O[C@@H]3O[C@H](COC(C)=O)[C@@H]4OC(=O)[C@]5(C[C@H](OC(C)=O)[C@@H](NC(C)=O)[C@H]([C@H](OC(C)=O)[C@@H](COC(C)=O)OC(C)=O)O5)O[C@@H]4[C@H]3OC(C)=O)[C@H]2OC(C)=O)C[C@H](OC(C)=O)[C@@H](NC(C)=O)[C@H]([C@H](OC(C)=O)[C@@H](COC(C)=O)OC(C)=O)O1. The van der Waals surface area contributed by atoms with Gasteiger partial charge in [0, 0.05) is 96.9 Å². The van der Waals surface area contributed by atoms with Crippen molar-refractivity contribution in [1.82, 2.24) is 21.3 Å². The molecular formula is C67H94N4O41. The van der Waals surface area contributed by atoms with Crippen molar-refractivity contribution in [2.75, 3.05) is 40.1 Å². The van der Waals surface area contributed by atoms with Gasteiger partial charge in [-0.15, -0.1) is 0 Å². The summed E-state index contributed by atoms with van der Waals surface area (Å²) in [6.45, 7) is 11.7. The van der Waals surface area contributed by atoms with Gasteiger partial charge in [-0.1, -0.05) is 0 Å². The number of amides is 4. The molecule has 0 aromatic carbocycles. The Morgan fingerprint density at radius 1 is 0.491 bits per heavy atom. The van der Waals surface area contributed by atoms with E-state index in [9.17, 15) is 86.6 Å². The van der Waals surface area contributed by atoms with Gasteiger partial charge < -0.3 is 131 Å². The number of ether oxygens (including phenoxy) is 22. The van der Waals surface area contributed by atoms with E-state index in [1.165, 1.54) is 20.8 Å². The van der Waals surface area contributed by atoms with Crippen molar-refractivity contribution < 1.29 is 196 Å². The van der Waals surface area contributed by atoms with Crippen molar-refractivity contribution in [2.24, 2.45) is 0 Å². The largest absolute Gasteiger partial charge is 0.480 e. The van der Waals surface area contributed by atoms with E-state index < -0.39 is 299 Å². The van der Waals surface area contributed by atoms with Gasteiger partial charge in [-0.25, -0.2) is 19.2 Å². The van der Waals surface area contributed by atoms with Gasteiger partial charge in [-0.3, -0.25) is 67.1 Å². The van der Waals surface area contributed by atoms with Crippen LogP contribution < -0.4 is 21.3 Å². The summed E-state index contributed by atoms with van der Waals surface area (Å²) < 4.78 is 130. The number of carbonyl (C=O) groups is 18. The van der Waals surface area contributed by atoms with Crippen LogP contribution in [-0.4, -0.2) is 298 Å². The molecule has 4 amide bonds. The Balaban J connectivity index is 1.86. The lowest BCUT2D eigenvalue weighted by molar-refractivity contribution is -0.403. The van der Waals surface area contributed by atoms with Gasteiger partial charge in [0.2, 0.25) is 17.7 Å². The van der Waals surface area contributed by atoms with Gasteiger partial charge in [0.15, 0.2) is 61.3 Å². The highest BCUT2D eigenvalue weighted by molar-refractivity contribution is 5.82. The van der Waals surface area contributed by atoms with Crippen molar-refractivity contribution >= 4 is 107 Å². The van der Waals surface area contributed by atoms with Crippen LogP contribution in [0.1, 0.15) is 131 Å². The zero-order valence-electron chi connectivity index (χ0n) is 64.4. The van der Waals surface area contributed by atoms with E-state index in [1.807, 2.05) is 0 Å². The fourth-order valence-electron chi connectivity index (χ4n) is 12.5. The van der Waals surface area contributed by atoms with Gasteiger partial charge in [-0.05, 0) is 20.8 Å². The molecule has 628 valence electrons. The lowest BCUT2D eigenvalue weighted by atomic mass is 9.86. The summed E-state index contributed by atoms with van der Waals surface area (Å²) in [7, 11) is 0.795. The molecule has 5 rings (SSSR count). The third kappa shape index (κ3) is 26.6. The third-order valence-electron chi connectivity index (χ3n) is 16.2. The molecule has 45 heteroatoms. The zero-order chi connectivity index (χ0) is 84.4. The number of alkyl carbamates (subject to hydrolysis) is 1. The van der Waals surface area contributed by atoms with Gasteiger partial charge in [0.1, 0.15) is 80.3 Å². The first-order valence-corrected chi connectivity index (χ1v) is 34.4. The van der Waals surface area contributed by atoms with Crippen molar-refractivity contribution in [3.05, 3.63) is 0 Å². The minimum absolute atomic E-state index is 0.795. The smallest absolute Gasteiger partial charge is 0.408 e. The van der Waals surface area contributed by atoms with E-state index in [1.54, 1.807) is 0 Å². The first-order chi connectivity index (χ1) is 52.1. The highest BCUT2D eigenvalue weighted by Crippen LogP contribution is 2.46. The molecule has 0 aromatic heterocycles. The van der Waals surface area contributed by atoms with Gasteiger partial charge in [0.05, 0.1) is 45.2 Å². The average Bonchev–Trinajstić information content (AvgIpc) is 0.728. The molecular weight excluding hydrogens is 1520 g/mol. The zero-order valence-corrected chi connectivity index (χ0v) is 64.4. The molecule has 45 nitrogen and oxygen atoms in total. The first kappa shape index (κ1) is 92.5. The minimum atomic E-state index is -3.14. The number of carboxylic acids is 1. The van der Waals surface area contributed by atoms with Crippen LogP contribution in [0.5, 0.6) is 0 Å². The van der Waals surface area contributed by atoms with E-state index in [0.717, 1.165) is 104 Å². The molecule has 5 heterocycles. The van der Waals surface area contributed by atoms with E-state index in [4.69, 9.17) is 104 Å². The maximum absolute atomic E-state index is 15.2. The molecule has 5 N–H and O–H groups in total. The summed E-state index contributed by atoms with van der Waals surface area (Å²) in [4.78, 5) is 240. The minimum Gasteiger partial charge on any atom is -0.480 e. The van der Waals surface area contributed by atoms with Crippen LogP contribution in [0.3, 0.4) is 0 Å². The Kier molecular flexibility index (Phi) is 33.4. The Labute approximate surface area is 638 Å². The third-order valence-corrected chi connectivity index (χ3v) is 16.2. The normalized spacial score (nSPS) is 29.3. The van der Waals surface area contributed by atoms with Gasteiger partial charge >= 0.3 is 89.7 Å². The molecule has 0 radical (unpaired) electrons. The van der Waals surface area contributed by atoms with Crippen molar-refractivity contribution in [3.63, 3.8) is 0 Å². The number of hydrogen-bond acceptors (Lipinski definition) is 40. The summed E-state index contributed by atoms with van der Waals surface area (Å²) >= 11 is 0. The molecule has 112 heavy (non-hydrogen) atoms. The molecule has 1 spiro atoms. The van der Waals surface area contributed by atoms with Crippen LogP contribution in [0.25, 0.3) is 0 Å². The molecule has 23 atom stereocenters. The molecule has 0 aromatic rings. The van der Waals surface area contributed by atoms with Crippen molar-refractivity contribution in [3.8, 4) is 0 Å². The van der Waals surface area contributed by atoms with Crippen LogP contribution in [-0.2, 0) is 186 Å². The molecule has 0 aliphatic carbocycles. The van der Waals surface area contributed by atoms with Crippen LogP contribution >= 0.6 is 0 Å². The second kappa shape index (κ2) is 40.4. The number of nitrogens with one attached hydrogen (secondary N) is 4. The number of aliphatic carboxylic acids is 1. The summed E-state index contributed by atoms with van der Waals surface area (Å²) in [6.07, 6.45) is -39.4. The molecule has 0 unspecified atom stereocenters. The summed E-state index contributed by atoms with van der Waals surface area (Å²) in [5, 5.41) is 20.1. The number of hydrogen-bond donors (Lipinski definition) is 5.